The number of rotatable bonds is 4. The second-order valence-corrected chi connectivity index (χ2v) is 5.07. The smallest absolute Gasteiger partial charge is 0.319 e. The van der Waals surface area contributed by atoms with Crippen LogP contribution in [-0.2, 0) is 13.1 Å². The van der Waals surface area contributed by atoms with Crippen LogP contribution in [0, 0.1) is 13.8 Å². The first-order chi connectivity index (χ1) is 9.11. The van der Waals surface area contributed by atoms with Crippen molar-refractivity contribution in [3.63, 3.8) is 0 Å². The summed E-state index contributed by atoms with van der Waals surface area (Å²) in [5.74, 6) is 0. The van der Waals surface area contributed by atoms with Crippen LogP contribution in [0.5, 0.6) is 0 Å². The van der Waals surface area contributed by atoms with Crippen molar-refractivity contribution in [2.75, 3.05) is 5.32 Å². The Hall–Kier alpha value is -1.89. The normalized spacial score (nSPS) is 10.5. The third kappa shape index (κ3) is 3.11. The Morgan fingerprint density at radius 1 is 1.47 bits per heavy atom. The number of amides is 2. The Kier molecular flexibility index (Phi) is 4.16. The molecule has 0 fully saturated rings. The van der Waals surface area contributed by atoms with Gasteiger partial charge < -0.3 is 10.6 Å². The van der Waals surface area contributed by atoms with E-state index in [1.54, 1.807) is 6.20 Å². The van der Waals surface area contributed by atoms with Crippen molar-refractivity contribution in [3.8, 4) is 0 Å². The summed E-state index contributed by atoms with van der Waals surface area (Å²) >= 11 is 1.52. The molecule has 0 aliphatic carbocycles. The number of hydrogen-bond donors (Lipinski definition) is 2. The molecule has 2 heterocycles. The SMILES string of the molecule is CCn1nc(C)c(NC(=O)NCc2nccs2)c1C. The summed E-state index contributed by atoms with van der Waals surface area (Å²) in [6.45, 7) is 7.07. The van der Waals surface area contributed by atoms with Gasteiger partial charge in [0.25, 0.3) is 0 Å². The highest BCUT2D eigenvalue weighted by Crippen LogP contribution is 2.19. The predicted octanol–water partition coefficient (Wildman–Crippen LogP) is 2.30. The highest BCUT2D eigenvalue weighted by atomic mass is 32.1. The van der Waals surface area contributed by atoms with Gasteiger partial charge >= 0.3 is 6.03 Å². The maximum atomic E-state index is 11.8. The second kappa shape index (κ2) is 5.83. The molecule has 0 aromatic carbocycles. The maximum absolute atomic E-state index is 11.8. The molecule has 0 aliphatic rings. The Balaban J connectivity index is 1.97. The summed E-state index contributed by atoms with van der Waals surface area (Å²) in [5.41, 5.74) is 2.56. The molecule has 2 rings (SSSR count). The zero-order valence-electron chi connectivity index (χ0n) is 11.2. The van der Waals surface area contributed by atoms with Crippen molar-refractivity contribution in [1.29, 1.82) is 0 Å². The summed E-state index contributed by atoms with van der Waals surface area (Å²) in [6.07, 6.45) is 1.72. The van der Waals surface area contributed by atoms with Crippen LogP contribution >= 0.6 is 11.3 Å². The molecular formula is C12H17N5OS. The molecule has 0 aliphatic heterocycles. The molecule has 6 nitrogen and oxygen atoms in total. The van der Waals surface area contributed by atoms with Crippen LogP contribution in [0.15, 0.2) is 11.6 Å². The molecule has 19 heavy (non-hydrogen) atoms. The molecule has 2 N–H and O–H groups in total. The van der Waals surface area contributed by atoms with Gasteiger partial charge in [0.05, 0.1) is 23.6 Å². The van der Waals surface area contributed by atoms with E-state index < -0.39 is 0 Å². The first-order valence-corrected chi connectivity index (χ1v) is 6.97. The summed E-state index contributed by atoms with van der Waals surface area (Å²) in [4.78, 5) is 15.9. The number of urea groups is 1. The second-order valence-electron chi connectivity index (χ2n) is 4.10. The summed E-state index contributed by atoms with van der Waals surface area (Å²) < 4.78 is 1.87. The summed E-state index contributed by atoms with van der Waals surface area (Å²) in [7, 11) is 0. The van der Waals surface area contributed by atoms with E-state index in [0.717, 1.165) is 28.6 Å². The Labute approximate surface area is 115 Å². The fraction of sp³-hybridized carbons (Fsp3) is 0.417. The number of aromatic nitrogens is 3. The minimum Gasteiger partial charge on any atom is -0.331 e. The zero-order chi connectivity index (χ0) is 13.8. The molecule has 0 saturated carbocycles. The quantitative estimate of drug-likeness (QED) is 0.902. The molecular weight excluding hydrogens is 262 g/mol. The minimum absolute atomic E-state index is 0.239. The van der Waals surface area contributed by atoms with Gasteiger partial charge in [0.1, 0.15) is 5.01 Å². The number of carbonyl (C=O) groups is 1. The van der Waals surface area contributed by atoms with Gasteiger partial charge in [-0.15, -0.1) is 11.3 Å². The molecule has 0 bridgehead atoms. The molecule has 0 spiro atoms. The number of anilines is 1. The number of thiazole rings is 1. The van der Waals surface area contributed by atoms with Crippen molar-refractivity contribution in [2.24, 2.45) is 0 Å². The van der Waals surface area contributed by atoms with Crippen LogP contribution in [0.3, 0.4) is 0 Å². The first kappa shape index (κ1) is 13.5. The van der Waals surface area contributed by atoms with Crippen molar-refractivity contribution >= 4 is 23.1 Å². The molecule has 2 aromatic heterocycles. The van der Waals surface area contributed by atoms with Crippen LogP contribution in [-0.4, -0.2) is 20.8 Å². The van der Waals surface area contributed by atoms with E-state index in [-0.39, 0.29) is 6.03 Å². The van der Waals surface area contributed by atoms with Gasteiger partial charge in [-0.25, -0.2) is 9.78 Å². The molecule has 0 radical (unpaired) electrons. The van der Waals surface area contributed by atoms with E-state index in [1.807, 2.05) is 30.8 Å². The van der Waals surface area contributed by atoms with Crippen LogP contribution in [0.2, 0.25) is 0 Å². The Bertz CT molecular complexity index is 561. The van der Waals surface area contributed by atoms with Crippen molar-refractivity contribution in [3.05, 3.63) is 28.0 Å². The molecule has 7 heteroatoms. The standard InChI is InChI=1S/C12H17N5OS/c1-4-17-9(3)11(8(2)16-17)15-12(18)14-7-10-13-5-6-19-10/h5-6H,4,7H2,1-3H3,(H2,14,15,18). The van der Waals surface area contributed by atoms with Gasteiger partial charge in [-0.05, 0) is 20.8 Å². The van der Waals surface area contributed by atoms with Crippen LogP contribution in [0.1, 0.15) is 23.3 Å². The third-order valence-electron chi connectivity index (χ3n) is 2.80. The number of aryl methyl sites for hydroxylation is 2. The first-order valence-electron chi connectivity index (χ1n) is 6.09. The topological polar surface area (TPSA) is 71.8 Å². The van der Waals surface area contributed by atoms with Crippen molar-refractivity contribution in [1.82, 2.24) is 20.1 Å². The van der Waals surface area contributed by atoms with Gasteiger partial charge in [-0.3, -0.25) is 4.68 Å². The van der Waals surface area contributed by atoms with E-state index in [0.29, 0.717) is 6.54 Å². The van der Waals surface area contributed by atoms with E-state index in [1.165, 1.54) is 11.3 Å². The largest absolute Gasteiger partial charge is 0.331 e. The van der Waals surface area contributed by atoms with Gasteiger partial charge in [0.15, 0.2) is 0 Å². The van der Waals surface area contributed by atoms with Gasteiger partial charge in [-0.2, -0.15) is 5.10 Å². The average Bonchev–Trinajstić information content (AvgIpc) is 2.99. The number of nitrogens with zero attached hydrogens (tertiary/aromatic N) is 3. The van der Waals surface area contributed by atoms with E-state index >= 15 is 0 Å². The Morgan fingerprint density at radius 3 is 2.84 bits per heavy atom. The molecule has 0 unspecified atom stereocenters. The van der Waals surface area contributed by atoms with Gasteiger partial charge in [0.2, 0.25) is 0 Å². The van der Waals surface area contributed by atoms with Gasteiger partial charge in [-0.1, -0.05) is 0 Å². The van der Waals surface area contributed by atoms with Crippen LogP contribution in [0.25, 0.3) is 0 Å². The highest BCUT2D eigenvalue weighted by molar-refractivity contribution is 7.09. The molecule has 0 saturated heterocycles. The van der Waals surface area contributed by atoms with E-state index in [9.17, 15) is 4.79 Å². The number of nitrogens with one attached hydrogen (secondary N) is 2. The molecule has 2 aromatic rings. The zero-order valence-corrected chi connectivity index (χ0v) is 12.0. The number of hydrogen-bond acceptors (Lipinski definition) is 4. The molecule has 102 valence electrons. The third-order valence-corrected chi connectivity index (χ3v) is 3.58. The highest BCUT2D eigenvalue weighted by Gasteiger charge is 2.13. The molecule has 0 atom stereocenters. The van der Waals surface area contributed by atoms with Crippen molar-refractivity contribution in [2.45, 2.75) is 33.9 Å². The van der Waals surface area contributed by atoms with Crippen molar-refractivity contribution < 1.29 is 4.79 Å². The summed E-state index contributed by atoms with van der Waals surface area (Å²) in [5, 5.41) is 12.7. The monoisotopic (exact) mass is 279 g/mol. The lowest BCUT2D eigenvalue weighted by Crippen LogP contribution is -2.28. The molecule has 2 amide bonds. The number of carbonyl (C=O) groups excluding carboxylic acids is 1. The van der Waals surface area contributed by atoms with Crippen LogP contribution < -0.4 is 10.6 Å². The predicted molar refractivity (Wildman–Crippen MR) is 75.3 cm³/mol. The minimum atomic E-state index is -0.239. The van der Waals surface area contributed by atoms with E-state index in [4.69, 9.17) is 0 Å². The van der Waals surface area contributed by atoms with Crippen LogP contribution in [0.4, 0.5) is 10.5 Å². The average molecular weight is 279 g/mol. The fourth-order valence-corrected chi connectivity index (χ4v) is 2.40. The fourth-order valence-electron chi connectivity index (χ4n) is 1.84. The maximum Gasteiger partial charge on any atom is 0.319 e. The lowest BCUT2D eigenvalue weighted by molar-refractivity contribution is 0.251. The van der Waals surface area contributed by atoms with Gasteiger partial charge in [0, 0.05) is 18.1 Å². The lowest BCUT2D eigenvalue weighted by atomic mass is 10.3. The van der Waals surface area contributed by atoms with E-state index in [2.05, 4.69) is 20.7 Å². The lowest BCUT2D eigenvalue weighted by Gasteiger charge is -2.07. The Morgan fingerprint density at radius 2 is 2.26 bits per heavy atom. The summed E-state index contributed by atoms with van der Waals surface area (Å²) in [6, 6.07) is -0.239.